The van der Waals surface area contributed by atoms with Gasteiger partial charge in [0, 0.05) is 6.54 Å². The predicted molar refractivity (Wildman–Crippen MR) is 85.8 cm³/mol. The molecule has 128 valence electrons. The molecular formula is C17H31NO4. The summed E-state index contributed by atoms with van der Waals surface area (Å²) >= 11 is 0. The first-order chi connectivity index (χ1) is 10.2. The highest BCUT2D eigenvalue weighted by molar-refractivity contribution is 5.76. The minimum Gasteiger partial charge on any atom is -0.481 e. The average Bonchev–Trinajstić information content (AvgIpc) is 2.86. The lowest BCUT2D eigenvalue weighted by molar-refractivity contribution is -0.150. The molecule has 1 fully saturated rings. The molecule has 1 aliphatic carbocycles. The topological polar surface area (TPSA) is 75.6 Å². The van der Waals surface area contributed by atoms with Gasteiger partial charge in [0.1, 0.15) is 5.60 Å². The van der Waals surface area contributed by atoms with Crippen molar-refractivity contribution >= 4 is 12.1 Å². The number of aliphatic carboxylic acids is 1. The quantitative estimate of drug-likeness (QED) is 0.746. The van der Waals surface area contributed by atoms with Crippen LogP contribution >= 0.6 is 0 Å². The van der Waals surface area contributed by atoms with E-state index in [4.69, 9.17) is 4.74 Å². The summed E-state index contributed by atoms with van der Waals surface area (Å²) in [7, 11) is 0. The highest BCUT2D eigenvalue weighted by Crippen LogP contribution is 2.38. The summed E-state index contributed by atoms with van der Waals surface area (Å²) in [6.45, 7) is 7.51. The zero-order chi connectivity index (χ0) is 16.8. The summed E-state index contributed by atoms with van der Waals surface area (Å²) in [5, 5.41) is 12.4. The number of ether oxygens (including phenoxy) is 1. The van der Waals surface area contributed by atoms with Gasteiger partial charge >= 0.3 is 12.1 Å². The van der Waals surface area contributed by atoms with Crippen molar-refractivity contribution in [2.24, 2.45) is 11.3 Å². The van der Waals surface area contributed by atoms with Crippen LogP contribution in [0.2, 0.25) is 0 Å². The lowest BCUT2D eigenvalue weighted by atomic mass is 9.75. The molecule has 1 rings (SSSR count). The molecule has 0 bridgehead atoms. The van der Waals surface area contributed by atoms with Crippen molar-refractivity contribution < 1.29 is 19.4 Å². The van der Waals surface area contributed by atoms with Crippen molar-refractivity contribution in [2.75, 3.05) is 6.54 Å². The number of alkyl carbamates (subject to hydrolysis) is 1. The first kappa shape index (κ1) is 18.8. The summed E-state index contributed by atoms with van der Waals surface area (Å²) < 4.78 is 5.22. The van der Waals surface area contributed by atoms with Gasteiger partial charge in [-0.15, -0.1) is 0 Å². The molecule has 1 saturated carbocycles. The fourth-order valence-electron chi connectivity index (χ4n) is 3.33. The summed E-state index contributed by atoms with van der Waals surface area (Å²) in [4.78, 5) is 23.7. The number of carboxylic acids is 1. The Morgan fingerprint density at radius 2 is 1.82 bits per heavy atom. The molecule has 5 heteroatoms. The smallest absolute Gasteiger partial charge is 0.407 e. The average molecular weight is 313 g/mol. The fourth-order valence-corrected chi connectivity index (χ4v) is 3.33. The molecule has 0 aromatic heterocycles. The number of hydrogen-bond acceptors (Lipinski definition) is 3. The largest absolute Gasteiger partial charge is 0.481 e. The second-order valence-electron chi connectivity index (χ2n) is 7.55. The van der Waals surface area contributed by atoms with E-state index in [2.05, 4.69) is 5.32 Å². The van der Waals surface area contributed by atoms with Crippen LogP contribution in [0.25, 0.3) is 0 Å². The Morgan fingerprint density at radius 3 is 2.27 bits per heavy atom. The summed E-state index contributed by atoms with van der Waals surface area (Å²) in [5.41, 5.74) is -1.45. The molecule has 0 spiro atoms. The Balaban J connectivity index is 2.71. The molecule has 5 nitrogen and oxygen atoms in total. The summed E-state index contributed by atoms with van der Waals surface area (Å²) in [5.74, 6) is -0.347. The van der Waals surface area contributed by atoms with Crippen LogP contribution in [0.15, 0.2) is 0 Å². The van der Waals surface area contributed by atoms with E-state index < -0.39 is 23.1 Å². The molecule has 0 saturated heterocycles. The van der Waals surface area contributed by atoms with E-state index in [-0.39, 0.29) is 6.54 Å². The third-order valence-electron chi connectivity index (χ3n) is 4.31. The molecule has 0 radical (unpaired) electrons. The van der Waals surface area contributed by atoms with Crippen LogP contribution in [0.5, 0.6) is 0 Å². The second kappa shape index (κ2) is 7.84. The SMILES string of the molecule is CCCC(CNC(=O)OC(C)(C)C)(CC1CCCC1)C(=O)O. The van der Waals surface area contributed by atoms with Crippen LogP contribution in [0, 0.1) is 11.3 Å². The van der Waals surface area contributed by atoms with Gasteiger partial charge in [0.25, 0.3) is 0 Å². The van der Waals surface area contributed by atoms with Gasteiger partial charge in [-0.2, -0.15) is 0 Å². The van der Waals surface area contributed by atoms with Gasteiger partial charge < -0.3 is 15.2 Å². The minimum atomic E-state index is -0.874. The van der Waals surface area contributed by atoms with Crippen molar-refractivity contribution in [1.82, 2.24) is 5.32 Å². The van der Waals surface area contributed by atoms with E-state index in [0.717, 1.165) is 19.3 Å². The van der Waals surface area contributed by atoms with Crippen LogP contribution in [-0.2, 0) is 9.53 Å². The molecule has 1 aliphatic rings. The molecule has 1 unspecified atom stereocenters. The highest BCUT2D eigenvalue weighted by atomic mass is 16.6. The van der Waals surface area contributed by atoms with E-state index in [1.54, 1.807) is 20.8 Å². The first-order valence-electron chi connectivity index (χ1n) is 8.39. The van der Waals surface area contributed by atoms with Gasteiger partial charge in [-0.25, -0.2) is 4.79 Å². The minimum absolute atomic E-state index is 0.140. The first-order valence-corrected chi connectivity index (χ1v) is 8.39. The lowest BCUT2D eigenvalue weighted by Crippen LogP contribution is -2.45. The Hall–Kier alpha value is -1.26. The van der Waals surface area contributed by atoms with Gasteiger partial charge in [0.2, 0.25) is 0 Å². The standard InChI is InChI=1S/C17H31NO4/c1-5-10-17(14(19)20,11-13-8-6-7-9-13)12-18-15(21)22-16(2,3)4/h13H,5-12H2,1-4H3,(H,18,21)(H,19,20). The predicted octanol–water partition coefficient (Wildman–Crippen LogP) is 3.96. The van der Waals surface area contributed by atoms with E-state index in [1.807, 2.05) is 6.92 Å². The summed E-state index contributed by atoms with van der Waals surface area (Å²) in [6, 6.07) is 0. The normalized spacial score (nSPS) is 18.7. The zero-order valence-corrected chi connectivity index (χ0v) is 14.4. The molecule has 0 heterocycles. The molecule has 22 heavy (non-hydrogen) atoms. The number of amides is 1. The van der Waals surface area contributed by atoms with Crippen molar-refractivity contribution in [3.05, 3.63) is 0 Å². The molecule has 1 amide bonds. The third-order valence-corrected chi connectivity index (χ3v) is 4.31. The van der Waals surface area contributed by atoms with Crippen molar-refractivity contribution in [2.45, 2.75) is 78.2 Å². The van der Waals surface area contributed by atoms with Crippen LogP contribution in [0.1, 0.15) is 72.6 Å². The molecule has 2 N–H and O–H groups in total. The van der Waals surface area contributed by atoms with Gasteiger partial charge in [0.05, 0.1) is 5.41 Å². The van der Waals surface area contributed by atoms with Crippen molar-refractivity contribution in [3.63, 3.8) is 0 Å². The molecule has 0 aromatic rings. The number of carbonyl (C=O) groups excluding carboxylic acids is 1. The third kappa shape index (κ3) is 5.85. The van der Waals surface area contributed by atoms with Crippen LogP contribution in [0.3, 0.4) is 0 Å². The van der Waals surface area contributed by atoms with Crippen LogP contribution in [0.4, 0.5) is 4.79 Å². The monoisotopic (exact) mass is 313 g/mol. The Morgan fingerprint density at radius 1 is 1.23 bits per heavy atom. The summed E-state index contributed by atoms with van der Waals surface area (Å²) in [6.07, 6.45) is 6.05. The van der Waals surface area contributed by atoms with E-state index in [9.17, 15) is 14.7 Å². The van der Waals surface area contributed by atoms with Crippen LogP contribution in [-0.4, -0.2) is 29.3 Å². The highest BCUT2D eigenvalue weighted by Gasteiger charge is 2.40. The van der Waals surface area contributed by atoms with E-state index in [0.29, 0.717) is 18.8 Å². The maximum Gasteiger partial charge on any atom is 0.407 e. The maximum atomic E-state index is 11.9. The fraction of sp³-hybridized carbons (Fsp3) is 0.882. The Bertz CT molecular complexity index is 383. The molecule has 0 aliphatic heterocycles. The van der Waals surface area contributed by atoms with Gasteiger partial charge in [0.15, 0.2) is 0 Å². The number of carbonyl (C=O) groups is 2. The Kier molecular flexibility index (Phi) is 6.69. The van der Waals surface area contributed by atoms with E-state index in [1.165, 1.54) is 12.8 Å². The molecule has 0 aromatic carbocycles. The maximum absolute atomic E-state index is 11.9. The van der Waals surface area contributed by atoms with Gasteiger partial charge in [-0.3, -0.25) is 4.79 Å². The van der Waals surface area contributed by atoms with E-state index >= 15 is 0 Å². The van der Waals surface area contributed by atoms with Crippen molar-refractivity contribution in [1.29, 1.82) is 0 Å². The molecule has 1 atom stereocenters. The number of rotatable bonds is 7. The number of nitrogens with one attached hydrogen (secondary N) is 1. The number of hydrogen-bond donors (Lipinski definition) is 2. The van der Waals surface area contributed by atoms with Crippen LogP contribution < -0.4 is 5.32 Å². The number of carboxylic acid groups (broad SMARTS) is 1. The molecular weight excluding hydrogens is 282 g/mol. The lowest BCUT2D eigenvalue weighted by Gasteiger charge is -2.32. The van der Waals surface area contributed by atoms with Gasteiger partial charge in [-0.1, -0.05) is 39.0 Å². The van der Waals surface area contributed by atoms with Gasteiger partial charge in [-0.05, 0) is 39.5 Å². The second-order valence-corrected chi connectivity index (χ2v) is 7.55. The van der Waals surface area contributed by atoms with Crippen molar-refractivity contribution in [3.8, 4) is 0 Å². The zero-order valence-electron chi connectivity index (χ0n) is 14.4. The Labute approximate surface area is 133 Å².